The maximum Gasteiger partial charge on any atom is 0.254 e. The molecule has 5 heteroatoms. The Hall–Kier alpha value is -2.82. The van der Waals surface area contributed by atoms with Crippen LogP contribution in [-0.2, 0) is 6.61 Å². The van der Waals surface area contributed by atoms with E-state index in [1.807, 2.05) is 54.6 Å². The first-order valence-electron chi connectivity index (χ1n) is 6.50. The van der Waals surface area contributed by atoms with Crippen LogP contribution in [0.2, 0.25) is 0 Å². The number of ether oxygens (including phenoxy) is 2. The summed E-state index contributed by atoms with van der Waals surface area (Å²) in [6, 6.07) is 17.0. The molecule has 106 valence electrons. The highest BCUT2D eigenvalue weighted by Crippen LogP contribution is 2.23. The zero-order valence-corrected chi connectivity index (χ0v) is 11.5. The first-order valence-corrected chi connectivity index (χ1v) is 6.50. The van der Waals surface area contributed by atoms with Crippen LogP contribution in [0.3, 0.4) is 0 Å². The summed E-state index contributed by atoms with van der Waals surface area (Å²) in [5, 5.41) is 8.00. The lowest BCUT2D eigenvalue weighted by Crippen LogP contribution is -1.95. The first-order chi connectivity index (χ1) is 10.3. The lowest BCUT2D eigenvalue weighted by atomic mass is 10.2. The van der Waals surface area contributed by atoms with Gasteiger partial charge in [-0.1, -0.05) is 24.3 Å². The van der Waals surface area contributed by atoms with Crippen molar-refractivity contribution in [2.75, 3.05) is 7.11 Å². The summed E-state index contributed by atoms with van der Waals surface area (Å²) in [6.45, 7) is 0.237. The third kappa shape index (κ3) is 3.20. The summed E-state index contributed by atoms with van der Waals surface area (Å²) in [6.07, 6.45) is 0. The van der Waals surface area contributed by atoms with Crippen LogP contribution in [0.1, 0.15) is 5.89 Å². The van der Waals surface area contributed by atoms with E-state index in [1.165, 1.54) is 0 Å². The van der Waals surface area contributed by atoms with Gasteiger partial charge in [-0.25, -0.2) is 0 Å². The molecule has 0 aliphatic rings. The van der Waals surface area contributed by atoms with E-state index in [-0.39, 0.29) is 6.61 Å². The van der Waals surface area contributed by atoms with E-state index in [9.17, 15) is 0 Å². The molecule has 0 spiro atoms. The minimum atomic E-state index is 0.237. The average Bonchev–Trinajstić information content (AvgIpc) is 3.03. The molecule has 1 aromatic heterocycles. The zero-order chi connectivity index (χ0) is 14.5. The van der Waals surface area contributed by atoms with Gasteiger partial charge in [-0.15, -0.1) is 10.2 Å². The molecule has 2 aromatic carbocycles. The van der Waals surface area contributed by atoms with Crippen LogP contribution in [-0.4, -0.2) is 17.3 Å². The van der Waals surface area contributed by atoms with Gasteiger partial charge in [0.15, 0.2) is 6.61 Å². The quantitative estimate of drug-likeness (QED) is 0.718. The standard InChI is InChI=1S/C16H14N2O3/c1-19-14-9-5-6-12(10-14)16-18-17-15(21-16)11-20-13-7-3-2-4-8-13/h2-10H,11H2,1H3. The van der Waals surface area contributed by atoms with Crippen molar-refractivity contribution in [1.29, 1.82) is 0 Å². The van der Waals surface area contributed by atoms with Crippen molar-refractivity contribution in [1.82, 2.24) is 10.2 Å². The number of benzene rings is 2. The van der Waals surface area contributed by atoms with Gasteiger partial charge in [0.2, 0.25) is 5.89 Å². The Labute approximate surface area is 122 Å². The van der Waals surface area contributed by atoms with Gasteiger partial charge in [0.25, 0.3) is 5.89 Å². The van der Waals surface area contributed by atoms with E-state index in [0.717, 1.165) is 17.1 Å². The second-order valence-corrected chi connectivity index (χ2v) is 4.33. The van der Waals surface area contributed by atoms with Crippen LogP contribution in [0.25, 0.3) is 11.5 Å². The fraction of sp³-hybridized carbons (Fsp3) is 0.125. The lowest BCUT2D eigenvalue weighted by Gasteiger charge is -2.02. The van der Waals surface area contributed by atoms with Crippen LogP contribution < -0.4 is 9.47 Å². The molecule has 3 rings (SSSR count). The molecule has 0 radical (unpaired) electrons. The van der Waals surface area contributed by atoms with Gasteiger partial charge < -0.3 is 13.9 Å². The SMILES string of the molecule is COc1cccc(-c2nnc(COc3ccccc3)o2)c1. The molecule has 0 fully saturated rings. The zero-order valence-electron chi connectivity index (χ0n) is 11.5. The normalized spacial score (nSPS) is 10.3. The molecule has 0 saturated carbocycles. The Morgan fingerprint density at radius 1 is 0.952 bits per heavy atom. The fourth-order valence-electron chi connectivity index (χ4n) is 1.85. The number of para-hydroxylation sites is 1. The molecule has 0 saturated heterocycles. The van der Waals surface area contributed by atoms with E-state index >= 15 is 0 Å². The summed E-state index contributed by atoms with van der Waals surface area (Å²) in [5.41, 5.74) is 0.813. The molecule has 0 aliphatic heterocycles. The monoisotopic (exact) mass is 282 g/mol. The molecule has 0 aliphatic carbocycles. The van der Waals surface area contributed by atoms with Crippen LogP contribution in [0.15, 0.2) is 59.0 Å². The number of aromatic nitrogens is 2. The Kier molecular flexibility index (Phi) is 3.82. The highest BCUT2D eigenvalue weighted by molar-refractivity contribution is 5.55. The van der Waals surface area contributed by atoms with Gasteiger partial charge in [-0.05, 0) is 30.3 Å². The summed E-state index contributed by atoms with van der Waals surface area (Å²) >= 11 is 0. The van der Waals surface area contributed by atoms with Gasteiger partial charge in [0.1, 0.15) is 11.5 Å². The molecule has 0 N–H and O–H groups in total. The van der Waals surface area contributed by atoms with E-state index in [4.69, 9.17) is 13.9 Å². The largest absolute Gasteiger partial charge is 0.497 e. The fourth-order valence-corrected chi connectivity index (χ4v) is 1.85. The van der Waals surface area contributed by atoms with Gasteiger partial charge in [-0.2, -0.15) is 0 Å². The minimum absolute atomic E-state index is 0.237. The summed E-state index contributed by atoms with van der Waals surface area (Å²) in [7, 11) is 1.62. The predicted octanol–water partition coefficient (Wildman–Crippen LogP) is 3.32. The van der Waals surface area contributed by atoms with Gasteiger partial charge in [0, 0.05) is 5.56 Å². The van der Waals surface area contributed by atoms with E-state index < -0.39 is 0 Å². The summed E-state index contributed by atoms with van der Waals surface area (Å²) in [5.74, 6) is 2.38. The number of methoxy groups -OCH3 is 1. The molecular formula is C16H14N2O3. The Bertz CT molecular complexity index is 710. The van der Waals surface area contributed by atoms with Crippen LogP contribution in [0.4, 0.5) is 0 Å². The van der Waals surface area contributed by atoms with Crippen LogP contribution in [0, 0.1) is 0 Å². The number of hydrogen-bond donors (Lipinski definition) is 0. The van der Waals surface area contributed by atoms with Gasteiger partial charge in [0.05, 0.1) is 7.11 Å². The van der Waals surface area contributed by atoms with Crippen molar-refractivity contribution < 1.29 is 13.9 Å². The smallest absolute Gasteiger partial charge is 0.254 e. The van der Waals surface area contributed by atoms with Crippen molar-refractivity contribution in [3.8, 4) is 23.0 Å². The molecule has 21 heavy (non-hydrogen) atoms. The lowest BCUT2D eigenvalue weighted by molar-refractivity contribution is 0.264. The first kappa shape index (κ1) is 13.2. The minimum Gasteiger partial charge on any atom is -0.497 e. The summed E-state index contributed by atoms with van der Waals surface area (Å²) in [4.78, 5) is 0. The maximum atomic E-state index is 5.59. The van der Waals surface area contributed by atoms with Crippen LogP contribution >= 0.6 is 0 Å². The number of hydrogen-bond acceptors (Lipinski definition) is 5. The van der Waals surface area contributed by atoms with Crippen molar-refractivity contribution in [2.45, 2.75) is 6.61 Å². The molecule has 5 nitrogen and oxygen atoms in total. The third-order valence-electron chi connectivity index (χ3n) is 2.89. The second-order valence-electron chi connectivity index (χ2n) is 4.33. The van der Waals surface area contributed by atoms with Crippen molar-refractivity contribution in [3.05, 3.63) is 60.5 Å². The van der Waals surface area contributed by atoms with E-state index in [0.29, 0.717) is 11.8 Å². The number of nitrogens with zero attached hydrogens (tertiary/aromatic N) is 2. The highest BCUT2D eigenvalue weighted by atomic mass is 16.5. The second kappa shape index (κ2) is 6.09. The van der Waals surface area contributed by atoms with Crippen molar-refractivity contribution in [3.63, 3.8) is 0 Å². The third-order valence-corrected chi connectivity index (χ3v) is 2.89. The molecule has 1 heterocycles. The highest BCUT2D eigenvalue weighted by Gasteiger charge is 2.09. The van der Waals surface area contributed by atoms with Gasteiger partial charge in [-0.3, -0.25) is 0 Å². The number of rotatable bonds is 5. The Balaban J connectivity index is 1.71. The van der Waals surface area contributed by atoms with Crippen LogP contribution in [0.5, 0.6) is 11.5 Å². The predicted molar refractivity (Wildman–Crippen MR) is 77.1 cm³/mol. The molecule has 0 bridgehead atoms. The van der Waals surface area contributed by atoms with Gasteiger partial charge >= 0.3 is 0 Å². The molecular weight excluding hydrogens is 268 g/mol. The van der Waals surface area contributed by atoms with Crippen molar-refractivity contribution >= 4 is 0 Å². The Morgan fingerprint density at radius 3 is 2.57 bits per heavy atom. The van der Waals surface area contributed by atoms with Crippen molar-refractivity contribution in [2.24, 2.45) is 0 Å². The topological polar surface area (TPSA) is 57.4 Å². The molecule has 3 aromatic rings. The molecule has 0 atom stereocenters. The van der Waals surface area contributed by atoms with E-state index in [2.05, 4.69) is 10.2 Å². The average molecular weight is 282 g/mol. The Morgan fingerprint density at radius 2 is 1.76 bits per heavy atom. The summed E-state index contributed by atoms with van der Waals surface area (Å²) < 4.78 is 16.3. The molecule has 0 unspecified atom stereocenters. The molecule has 0 amide bonds. The van der Waals surface area contributed by atoms with E-state index in [1.54, 1.807) is 7.11 Å². The maximum absolute atomic E-state index is 5.59.